The Labute approximate surface area is 245 Å². The van der Waals surface area contributed by atoms with Gasteiger partial charge in [0, 0.05) is 50.1 Å². The van der Waals surface area contributed by atoms with E-state index in [4.69, 9.17) is 0 Å². The monoisotopic (exact) mass is 564 g/mol. The second-order valence-corrected chi connectivity index (χ2v) is 11.3. The van der Waals surface area contributed by atoms with Crippen LogP contribution in [0.2, 0.25) is 0 Å². The second kappa shape index (κ2) is 12.5. The van der Waals surface area contributed by atoms with Gasteiger partial charge in [0.25, 0.3) is 0 Å². The molecule has 216 valence electrons. The van der Waals surface area contributed by atoms with Crippen molar-refractivity contribution in [2.75, 3.05) is 13.6 Å². The van der Waals surface area contributed by atoms with Crippen LogP contribution in [0.25, 0.3) is 21.7 Å². The molecule has 5 rings (SSSR count). The van der Waals surface area contributed by atoms with E-state index in [0.29, 0.717) is 17.5 Å². The van der Waals surface area contributed by atoms with Crippen molar-refractivity contribution >= 4 is 45.7 Å². The molecule has 8 heteroatoms. The lowest BCUT2D eigenvalue weighted by atomic mass is 9.93. The Morgan fingerprint density at radius 1 is 1.05 bits per heavy atom. The first kappa shape index (κ1) is 28.9. The molecule has 8 nitrogen and oxygen atoms in total. The maximum atomic E-state index is 14.3. The number of nitrogens with one attached hydrogen (secondary N) is 1. The van der Waals surface area contributed by atoms with E-state index in [1.807, 2.05) is 80.6 Å². The highest BCUT2D eigenvalue weighted by Crippen LogP contribution is 2.27. The summed E-state index contributed by atoms with van der Waals surface area (Å²) in [5.41, 5.74) is 2.89. The van der Waals surface area contributed by atoms with Crippen LogP contribution in [0.15, 0.2) is 72.9 Å². The summed E-state index contributed by atoms with van der Waals surface area (Å²) in [6.45, 7) is 4.40. The molecule has 1 aromatic heterocycles. The van der Waals surface area contributed by atoms with Crippen LogP contribution in [-0.2, 0) is 27.3 Å². The number of amides is 3. The summed E-state index contributed by atoms with van der Waals surface area (Å²) in [6.07, 6.45) is 3.27. The third kappa shape index (κ3) is 5.88. The molecule has 0 spiro atoms. The Morgan fingerprint density at radius 3 is 2.52 bits per heavy atom. The van der Waals surface area contributed by atoms with Crippen LogP contribution in [0.1, 0.15) is 48.2 Å². The molecule has 0 aliphatic carbocycles. The molecule has 1 aliphatic heterocycles. The van der Waals surface area contributed by atoms with Gasteiger partial charge in [0.2, 0.25) is 17.7 Å². The van der Waals surface area contributed by atoms with Gasteiger partial charge in [-0.05, 0) is 46.4 Å². The van der Waals surface area contributed by atoms with Crippen LogP contribution in [-0.4, -0.2) is 64.5 Å². The molecule has 1 N–H and O–H groups in total. The number of carbonyl (C=O) groups excluding carboxylic acids is 4. The number of aldehydes is 1. The molecular weight excluding hydrogens is 528 g/mol. The number of likely N-dealkylation sites (N-methyl/N-ethyl adjacent to an activating group) is 1. The van der Waals surface area contributed by atoms with Gasteiger partial charge in [0.1, 0.15) is 12.1 Å². The van der Waals surface area contributed by atoms with Crippen LogP contribution in [0.3, 0.4) is 0 Å². The molecule has 0 saturated carbocycles. The highest BCUT2D eigenvalue weighted by atomic mass is 16.2. The standard InChI is InChI=1S/C34H36N4O4/c1-22(2)16-31-34(42)37(15-14-32(40)38(31)20-23-17-26-9-5-7-11-29(26)36-19-23)30(33(41)35-3)18-25-13-12-24-8-4-6-10-27(24)28(25)21-39/h4-13,17,19,21-22,30-31H,14-16,18,20H2,1-3H3,(H,35,41)/t30-,31-/m0/s1. The number of para-hydroxylation sites is 1. The van der Waals surface area contributed by atoms with Crippen LogP contribution in [0.4, 0.5) is 0 Å². The molecule has 3 amide bonds. The van der Waals surface area contributed by atoms with Gasteiger partial charge in [-0.1, -0.05) is 68.4 Å². The zero-order valence-corrected chi connectivity index (χ0v) is 24.2. The number of rotatable bonds is 9. The third-order valence-corrected chi connectivity index (χ3v) is 8.04. The number of benzene rings is 3. The van der Waals surface area contributed by atoms with E-state index in [-0.39, 0.29) is 49.6 Å². The van der Waals surface area contributed by atoms with Crippen LogP contribution < -0.4 is 5.32 Å². The van der Waals surface area contributed by atoms with E-state index < -0.39 is 12.1 Å². The smallest absolute Gasteiger partial charge is 0.246 e. The average Bonchev–Trinajstić information content (AvgIpc) is 3.10. The maximum absolute atomic E-state index is 14.3. The lowest BCUT2D eigenvalue weighted by Gasteiger charge is -2.35. The molecular formula is C34H36N4O4. The Balaban J connectivity index is 1.49. The van der Waals surface area contributed by atoms with Crippen molar-refractivity contribution in [2.45, 2.75) is 51.7 Å². The number of hydrogen-bond acceptors (Lipinski definition) is 5. The van der Waals surface area contributed by atoms with Crippen LogP contribution >= 0.6 is 0 Å². The lowest BCUT2D eigenvalue weighted by Crippen LogP contribution is -2.55. The molecule has 42 heavy (non-hydrogen) atoms. The van der Waals surface area contributed by atoms with Gasteiger partial charge in [-0.3, -0.25) is 24.2 Å². The minimum Gasteiger partial charge on any atom is -0.357 e. The number of fused-ring (bicyclic) bond motifs is 2. The van der Waals surface area contributed by atoms with E-state index in [1.165, 1.54) is 7.05 Å². The zero-order valence-electron chi connectivity index (χ0n) is 24.2. The van der Waals surface area contributed by atoms with Crippen LogP contribution in [0, 0.1) is 5.92 Å². The summed E-state index contributed by atoms with van der Waals surface area (Å²) in [5, 5.41) is 5.39. The highest BCUT2D eigenvalue weighted by Gasteiger charge is 2.41. The fraction of sp³-hybridized carbons (Fsp3) is 0.324. The molecule has 3 aromatic carbocycles. The van der Waals surface area contributed by atoms with E-state index >= 15 is 0 Å². The van der Waals surface area contributed by atoms with E-state index in [2.05, 4.69) is 10.3 Å². The summed E-state index contributed by atoms with van der Waals surface area (Å²) < 4.78 is 0. The van der Waals surface area contributed by atoms with Crippen molar-refractivity contribution in [3.63, 3.8) is 0 Å². The van der Waals surface area contributed by atoms with E-state index in [1.54, 1.807) is 16.0 Å². The summed E-state index contributed by atoms with van der Waals surface area (Å²) in [6, 6.07) is 19.5. The number of pyridine rings is 1. The first-order valence-electron chi connectivity index (χ1n) is 14.4. The van der Waals surface area contributed by atoms with Crippen LogP contribution in [0.5, 0.6) is 0 Å². The predicted octanol–water partition coefficient (Wildman–Crippen LogP) is 4.53. The third-order valence-electron chi connectivity index (χ3n) is 8.04. The molecule has 1 fully saturated rings. The van der Waals surface area contributed by atoms with Gasteiger partial charge >= 0.3 is 0 Å². The minimum atomic E-state index is -0.882. The summed E-state index contributed by atoms with van der Waals surface area (Å²) in [4.78, 5) is 61.3. The van der Waals surface area contributed by atoms with Gasteiger partial charge in [-0.25, -0.2) is 0 Å². The van der Waals surface area contributed by atoms with Crippen molar-refractivity contribution in [3.05, 3.63) is 89.6 Å². The molecule has 1 saturated heterocycles. The number of aromatic nitrogens is 1. The molecule has 2 atom stereocenters. The second-order valence-electron chi connectivity index (χ2n) is 11.3. The lowest BCUT2D eigenvalue weighted by molar-refractivity contribution is -0.146. The van der Waals surface area contributed by atoms with Gasteiger partial charge in [0.05, 0.1) is 5.52 Å². The van der Waals surface area contributed by atoms with Crippen molar-refractivity contribution < 1.29 is 19.2 Å². The van der Waals surface area contributed by atoms with Gasteiger partial charge < -0.3 is 15.1 Å². The van der Waals surface area contributed by atoms with E-state index in [0.717, 1.165) is 33.5 Å². The first-order valence-corrected chi connectivity index (χ1v) is 14.4. The maximum Gasteiger partial charge on any atom is 0.246 e. The fourth-order valence-corrected chi connectivity index (χ4v) is 5.93. The average molecular weight is 565 g/mol. The quantitative estimate of drug-likeness (QED) is 0.301. The van der Waals surface area contributed by atoms with Crippen molar-refractivity contribution in [2.24, 2.45) is 5.92 Å². The molecule has 0 unspecified atom stereocenters. The van der Waals surface area contributed by atoms with Crippen molar-refractivity contribution in [1.29, 1.82) is 0 Å². The Bertz CT molecular complexity index is 1650. The molecule has 2 heterocycles. The number of carbonyl (C=O) groups is 4. The Kier molecular flexibility index (Phi) is 8.61. The van der Waals surface area contributed by atoms with E-state index in [9.17, 15) is 19.2 Å². The zero-order chi connectivity index (χ0) is 29.8. The normalized spacial score (nSPS) is 16.6. The topological polar surface area (TPSA) is 99.7 Å². The Morgan fingerprint density at radius 2 is 1.79 bits per heavy atom. The SMILES string of the molecule is CNC(=O)[C@H](Cc1ccc2ccccc2c1C=O)N1CCC(=O)N(Cc2cnc3ccccc3c2)[C@@H](CC(C)C)C1=O. The predicted molar refractivity (Wildman–Crippen MR) is 163 cm³/mol. The van der Waals surface area contributed by atoms with Gasteiger partial charge in [-0.2, -0.15) is 0 Å². The van der Waals surface area contributed by atoms with Crippen molar-refractivity contribution in [1.82, 2.24) is 20.1 Å². The van der Waals surface area contributed by atoms with Crippen molar-refractivity contribution in [3.8, 4) is 0 Å². The fourth-order valence-electron chi connectivity index (χ4n) is 5.93. The minimum absolute atomic E-state index is 0.0904. The first-order chi connectivity index (χ1) is 20.3. The van der Waals surface area contributed by atoms with Gasteiger partial charge in [0.15, 0.2) is 6.29 Å². The summed E-state index contributed by atoms with van der Waals surface area (Å²) in [7, 11) is 1.54. The number of nitrogens with zero attached hydrogens (tertiary/aromatic N) is 3. The molecule has 0 radical (unpaired) electrons. The molecule has 4 aromatic rings. The summed E-state index contributed by atoms with van der Waals surface area (Å²) >= 11 is 0. The largest absolute Gasteiger partial charge is 0.357 e. The van der Waals surface area contributed by atoms with Gasteiger partial charge in [-0.15, -0.1) is 0 Å². The molecule has 1 aliphatic rings. The Hall–Kier alpha value is -4.59. The molecule has 0 bridgehead atoms. The summed E-state index contributed by atoms with van der Waals surface area (Å²) in [5.74, 6) is -0.606. The number of hydrogen-bond donors (Lipinski definition) is 1. The highest BCUT2D eigenvalue weighted by molar-refractivity contribution is 6.00.